The van der Waals surface area contributed by atoms with E-state index in [4.69, 9.17) is 4.74 Å². The number of hydrogen-bond acceptors (Lipinski definition) is 6. The van der Waals surface area contributed by atoms with Crippen molar-refractivity contribution in [3.8, 4) is 5.69 Å². The van der Waals surface area contributed by atoms with Crippen LogP contribution >= 0.6 is 15.9 Å². The molecule has 2 rings (SSSR count). The Bertz CT molecular complexity index is 815. The number of nitro benzene ring substituents is 1. The maximum atomic E-state index is 12.3. The lowest BCUT2D eigenvalue weighted by Gasteiger charge is -2.12. The van der Waals surface area contributed by atoms with Crippen molar-refractivity contribution in [3.05, 3.63) is 51.6 Å². The standard InChI is InChI=1S/C15H14BrN3O5/c1-3-24-15(21)13-10(5-4-6-11(13)19(22)23)18-8-17-14(9(2)20)12(18)7-16/h4-6,8H,3,7H2,1-2H3. The molecule has 8 nitrogen and oxygen atoms in total. The summed E-state index contributed by atoms with van der Waals surface area (Å²) in [4.78, 5) is 38.6. The topological polar surface area (TPSA) is 104 Å². The first kappa shape index (κ1) is 17.8. The van der Waals surface area contributed by atoms with Gasteiger partial charge in [-0.3, -0.25) is 14.9 Å². The third-order valence-electron chi connectivity index (χ3n) is 3.28. The summed E-state index contributed by atoms with van der Waals surface area (Å²) in [5.41, 5.74) is 0.405. The van der Waals surface area contributed by atoms with Crippen LogP contribution in [-0.4, -0.2) is 32.8 Å². The molecule has 1 heterocycles. The molecular formula is C15H14BrN3O5. The number of imidazole rings is 1. The van der Waals surface area contributed by atoms with Gasteiger partial charge in [-0.2, -0.15) is 0 Å². The predicted molar refractivity (Wildman–Crippen MR) is 88.8 cm³/mol. The molecule has 0 bridgehead atoms. The zero-order valence-corrected chi connectivity index (χ0v) is 14.6. The van der Waals surface area contributed by atoms with E-state index in [2.05, 4.69) is 20.9 Å². The molecular weight excluding hydrogens is 382 g/mol. The zero-order valence-electron chi connectivity index (χ0n) is 13.0. The maximum absolute atomic E-state index is 12.3. The second-order valence-electron chi connectivity index (χ2n) is 4.75. The molecule has 24 heavy (non-hydrogen) atoms. The minimum absolute atomic E-state index is 0.0816. The van der Waals surface area contributed by atoms with Crippen LogP contribution in [-0.2, 0) is 10.1 Å². The van der Waals surface area contributed by atoms with Crippen molar-refractivity contribution >= 4 is 33.4 Å². The van der Waals surface area contributed by atoms with Crippen molar-refractivity contribution in [2.24, 2.45) is 0 Å². The van der Waals surface area contributed by atoms with E-state index in [-0.39, 0.29) is 40.4 Å². The van der Waals surface area contributed by atoms with Gasteiger partial charge in [-0.15, -0.1) is 0 Å². The number of alkyl halides is 1. The smallest absolute Gasteiger partial charge is 0.347 e. The normalized spacial score (nSPS) is 10.5. The minimum Gasteiger partial charge on any atom is -0.462 e. The number of ether oxygens (including phenoxy) is 1. The van der Waals surface area contributed by atoms with Gasteiger partial charge in [0.25, 0.3) is 5.69 Å². The fraction of sp³-hybridized carbons (Fsp3) is 0.267. The van der Waals surface area contributed by atoms with Crippen molar-refractivity contribution < 1.29 is 19.2 Å². The lowest BCUT2D eigenvalue weighted by molar-refractivity contribution is -0.385. The minimum atomic E-state index is -0.807. The number of carbonyl (C=O) groups is 2. The fourth-order valence-electron chi connectivity index (χ4n) is 2.30. The van der Waals surface area contributed by atoms with Gasteiger partial charge in [-0.1, -0.05) is 22.0 Å². The van der Waals surface area contributed by atoms with Crippen molar-refractivity contribution in [1.29, 1.82) is 0 Å². The molecule has 0 radical (unpaired) electrons. The monoisotopic (exact) mass is 395 g/mol. The summed E-state index contributed by atoms with van der Waals surface area (Å²) in [6.07, 6.45) is 1.36. The number of rotatable bonds is 6. The van der Waals surface area contributed by atoms with Gasteiger partial charge in [-0.05, 0) is 13.0 Å². The zero-order chi connectivity index (χ0) is 17.9. The Kier molecular flexibility index (Phi) is 5.45. The van der Waals surface area contributed by atoms with Gasteiger partial charge in [-0.25, -0.2) is 9.78 Å². The maximum Gasteiger partial charge on any atom is 0.347 e. The van der Waals surface area contributed by atoms with Crippen molar-refractivity contribution in [2.45, 2.75) is 19.2 Å². The molecule has 1 aromatic heterocycles. The molecule has 0 amide bonds. The summed E-state index contributed by atoms with van der Waals surface area (Å²) in [7, 11) is 0. The van der Waals surface area contributed by atoms with Crippen LogP contribution in [0.15, 0.2) is 24.5 Å². The average Bonchev–Trinajstić information content (AvgIpc) is 2.98. The third-order valence-corrected chi connectivity index (χ3v) is 3.81. The number of aromatic nitrogens is 2. The van der Waals surface area contributed by atoms with Crippen LogP contribution < -0.4 is 0 Å². The number of nitro groups is 1. The lowest BCUT2D eigenvalue weighted by atomic mass is 10.1. The fourth-order valence-corrected chi connectivity index (χ4v) is 2.83. The van der Waals surface area contributed by atoms with E-state index in [0.717, 1.165) is 0 Å². The Labute approximate surface area is 145 Å². The van der Waals surface area contributed by atoms with Gasteiger partial charge in [0.1, 0.15) is 12.0 Å². The van der Waals surface area contributed by atoms with Crippen LogP contribution in [0.4, 0.5) is 5.69 Å². The highest BCUT2D eigenvalue weighted by atomic mass is 79.9. The summed E-state index contributed by atoms with van der Waals surface area (Å²) < 4.78 is 6.43. The SMILES string of the molecule is CCOC(=O)c1c(-n2cnc(C(C)=O)c2CBr)cccc1[N+](=O)[O-]. The third kappa shape index (κ3) is 3.21. The van der Waals surface area contributed by atoms with Gasteiger partial charge in [0.2, 0.25) is 0 Å². The Balaban J connectivity index is 2.75. The molecule has 0 unspecified atom stereocenters. The first-order valence-corrected chi connectivity index (χ1v) is 8.12. The number of Topliss-reactive ketones (excluding diaryl/α,β-unsaturated/α-hetero) is 1. The number of nitrogens with zero attached hydrogens (tertiary/aromatic N) is 3. The number of esters is 1. The molecule has 0 N–H and O–H groups in total. The van der Waals surface area contributed by atoms with Crippen LogP contribution in [0, 0.1) is 10.1 Å². The van der Waals surface area contributed by atoms with Crippen LogP contribution in [0.1, 0.15) is 40.4 Å². The molecule has 0 aliphatic carbocycles. The summed E-state index contributed by atoms with van der Waals surface area (Å²) >= 11 is 3.28. The average molecular weight is 396 g/mol. The van der Waals surface area contributed by atoms with E-state index in [1.807, 2.05) is 0 Å². The van der Waals surface area contributed by atoms with E-state index in [0.29, 0.717) is 5.69 Å². The Morgan fingerprint density at radius 2 is 2.12 bits per heavy atom. The highest BCUT2D eigenvalue weighted by molar-refractivity contribution is 9.08. The largest absolute Gasteiger partial charge is 0.462 e. The van der Waals surface area contributed by atoms with Crippen molar-refractivity contribution in [3.63, 3.8) is 0 Å². The molecule has 1 aromatic carbocycles. The molecule has 0 saturated carbocycles. The van der Waals surface area contributed by atoms with Gasteiger partial charge in [0, 0.05) is 18.3 Å². The molecule has 0 atom stereocenters. The Morgan fingerprint density at radius 3 is 2.67 bits per heavy atom. The van der Waals surface area contributed by atoms with E-state index >= 15 is 0 Å². The highest BCUT2D eigenvalue weighted by Crippen LogP contribution is 2.28. The summed E-state index contributed by atoms with van der Waals surface area (Å²) in [5, 5.41) is 11.6. The number of hydrogen-bond donors (Lipinski definition) is 0. The van der Waals surface area contributed by atoms with Crippen molar-refractivity contribution in [1.82, 2.24) is 9.55 Å². The molecule has 0 spiro atoms. The second kappa shape index (κ2) is 7.35. The molecule has 0 saturated heterocycles. The van der Waals surface area contributed by atoms with Gasteiger partial charge < -0.3 is 9.30 Å². The van der Waals surface area contributed by atoms with Gasteiger partial charge in [0.05, 0.1) is 22.9 Å². The molecule has 0 aliphatic rings. The molecule has 2 aromatic rings. The number of benzene rings is 1. The van der Waals surface area contributed by atoms with Crippen LogP contribution in [0.5, 0.6) is 0 Å². The number of halogens is 1. The first-order chi connectivity index (χ1) is 11.4. The highest BCUT2D eigenvalue weighted by Gasteiger charge is 2.28. The van der Waals surface area contributed by atoms with E-state index < -0.39 is 10.9 Å². The van der Waals surface area contributed by atoms with Crippen LogP contribution in [0.3, 0.4) is 0 Å². The molecule has 0 fully saturated rings. The molecule has 9 heteroatoms. The van der Waals surface area contributed by atoms with Crippen LogP contribution in [0.25, 0.3) is 5.69 Å². The van der Waals surface area contributed by atoms with Gasteiger partial charge in [0.15, 0.2) is 11.3 Å². The van der Waals surface area contributed by atoms with Crippen LogP contribution in [0.2, 0.25) is 0 Å². The lowest BCUT2D eigenvalue weighted by Crippen LogP contribution is -2.13. The molecule has 126 valence electrons. The summed E-state index contributed by atoms with van der Waals surface area (Å²) in [5.74, 6) is -1.05. The first-order valence-electron chi connectivity index (χ1n) is 7.00. The predicted octanol–water partition coefficient (Wildman–Crippen LogP) is 3.05. The molecule has 0 aliphatic heterocycles. The summed E-state index contributed by atoms with van der Waals surface area (Å²) in [6, 6.07) is 4.23. The second-order valence-corrected chi connectivity index (χ2v) is 5.31. The van der Waals surface area contributed by atoms with E-state index in [1.165, 1.54) is 36.0 Å². The quantitative estimate of drug-likeness (QED) is 0.244. The Hall–Kier alpha value is -2.55. The van der Waals surface area contributed by atoms with Crippen molar-refractivity contribution in [2.75, 3.05) is 6.61 Å². The van der Waals surface area contributed by atoms with Gasteiger partial charge >= 0.3 is 5.97 Å². The van der Waals surface area contributed by atoms with E-state index in [9.17, 15) is 19.7 Å². The summed E-state index contributed by atoms with van der Waals surface area (Å²) in [6.45, 7) is 3.07. The Morgan fingerprint density at radius 1 is 1.42 bits per heavy atom. The number of carbonyl (C=O) groups excluding carboxylic acids is 2. The van der Waals surface area contributed by atoms with E-state index in [1.54, 1.807) is 6.92 Å². The number of ketones is 1.